The van der Waals surface area contributed by atoms with Crippen LogP contribution in [0.5, 0.6) is 0 Å². The van der Waals surface area contributed by atoms with Crippen molar-refractivity contribution in [1.29, 1.82) is 5.26 Å². The predicted molar refractivity (Wildman–Crippen MR) is 115 cm³/mol. The quantitative estimate of drug-likeness (QED) is 0.806. The minimum Gasteiger partial charge on any atom is -0.347 e. The number of aromatic nitrogens is 1. The van der Waals surface area contributed by atoms with Gasteiger partial charge < -0.3 is 15.1 Å². The van der Waals surface area contributed by atoms with Crippen LogP contribution in [-0.4, -0.2) is 47.5 Å². The molecule has 154 valence electrons. The number of hydrogen-bond donors (Lipinski definition) is 1. The monoisotopic (exact) mass is 401 g/mol. The first kappa shape index (κ1) is 19.1. The van der Waals surface area contributed by atoms with E-state index < -0.39 is 0 Å². The van der Waals surface area contributed by atoms with Crippen LogP contribution < -0.4 is 10.2 Å². The first-order valence-electron chi connectivity index (χ1n) is 10.9. The van der Waals surface area contributed by atoms with Gasteiger partial charge in [-0.2, -0.15) is 5.26 Å². The normalized spacial score (nSPS) is 23.8. The molecule has 0 radical (unpaired) electrons. The number of anilines is 1. The van der Waals surface area contributed by atoms with E-state index in [1.807, 2.05) is 23.1 Å². The second kappa shape index (κ2) is 7.73. The number of benzene rings is 1. The predicted octanol–water partition coefficient (Wildman–Crippen LogP) is 2.80. The van der Waals surface area contributed by atoms with Gasteiger partial charge in [-0.25, -0.2) is 4.98 Å². The molecule has 2 unspecified atom stereocenters. The lowest BCUT2D eigenvalue weighted by atomic mass is 10.0. The number of pyridine rings is 1. The summed E-state index contributed by atoms with van der Waals surface area (Å²) >= 11 is 0. The van der Waals surface area contributed by atoms with Crippen molar-refractivity contribution >= 4 is 11.7 Å². The van der Waals surface area contributed by atoms with Crippen molar-refractivity contribution in [2.75, 3.05) is 24.5 Å². The van der Waals surface area contributed by atoms with Gasteiger partial charge in [0.15, 0.2) is 0 Å². The van der Waals surface area contributed by atoms with Gasteiger partial charge >= 0.3 is 0 Å². The van der Waals surface area contributed by atoms with E-state index in [0.29, 0.717) is 24.1 Å². The van der Waals surface area contributed by atoms with Gasteiger partial charge in [-0.15, -0.1) is 0 Å². The number of nitriles is 1. The number of piperazine rings is 1. The molecule has 5 rings (SSSR count). The number of fused-ring (bicyclic) bond motifs is 2. The highest BCUT2D eigenvalue weighted by molar-refractivity contribution is 5.77. The van der Waals surface area contributed by atoms with E-state index in [4.69, 9.17) is 5.26 Å². The highest BCUT2D eigenvalue weighted by atomic mass is 16.2. The van der Waals surface area contributed by atoms with Crippen molar-refractivity contribution < 1.29 is 4.79 Å². The molecule has 1 aromatic heterocycles. The Labute approximate surface area is 177 Å². The first-order chi connectivity index (χ1) is 14.7. The van der Waals surface area contributed by atoms with E-state index in [9.17, 15) is 4.79 Å². The number of nitrogens with zero attached hydrogens (tertiary/aromatic N) is 4. The molecular weight excluding hydrogens is 374 g/mol. The van der Waals surface area contributed by atoms with Gasteiger partial charge in [-0.05, 0) is 43.4 Å². The lowest BCUT2D eigenvalue weighted by molar-refractivity contribution is -0.132. The van der Waals surface area contributed by atoms with Crippen LogP contribution in [-0.2, 0) is 10.3 Å². The third-order valence-corrected chi connectivity index (χ3v) is 6.86. The average Bonchev–Trinajstić information content (AvgIpc) is 3.54. The zero-order valence-electron chi connectivity index (χ0n) is 17.1. The lowest BCUT2D eigenvalue weighted by Crippen LogP contribution is -2.56. The fraction of sp³-hybridized carbons (Fsp3) is 0.458. The number of hydrogen-bond acceptors (Lipinski definition) is 5. The molecular formula is C24H27N5O. The molecule has 1 saturated carbocycles. The molecule has 0 spiro atoms. The van der Waals surface area contributed by atoms with Crippen molar-refractivity contribution in [2.24, 2.45) is 0 Å². The fourth-order valence-electron chi connectivity index (χ4n) is 5.10. The third kappa shape index (κ3) is 3.54. The molecule has 3 heterocycles. The zero-order chi connectivity index (χ0) is 20.6. The summed E-state index contributed by atoms with van der Waals surface area (Å²) in [4.78, 5) is 21.8. The van der Waals surface area contributed by atoms with Crippen LogP contribution in [0.3, 0.4) is 0 Å². The standard InChI is InChI=1S/C24H27N5O/c25-14-18-6-9-22(26-15-18)29-20-7-8-21(29)17-28(16-20)23(30)10-13-27-24(11-12-24)19-4-2-1-3-5-19/h1-6,9,15,20-21,27H,7-8,10-13,16-17H2. The molecule has 2 aromatic rings. The van der Waals surface area contributed by atoms with E-state index >= 15 is 0 Å². The van der Waals surface area contributed by atoms with Crippen molar-refractivity contribution in [1.82, 2.24) is 15.2 Å². The van der Waals surface area contributed by atoms with Gasteiger partial charge in [0.05, 0.1) is 5.56 Å². The Hall–Kier alpha value is -2.91. The summed E-state index contributed by atoms with van der Waals surface area (Å²) in [5.74, 6) is 1.17. The van der Waals surface area contributed by atoms with Crippen molar-refractivity contribution in [3.8, 4) is 6.07 Å². The van der Waals surface area contributed by atoms with Crippen molar-refractivity contribution in [3.05, 3.63) is 59.8 Å². The number of likely N-dealkylation sites (tertiary alicyclic amines) is 1. The summed E-state index contributed by atoms with van der Waals surface area (Å²) in [6.07, 6.45) is 6.65. The lowest BCUT2D eigenvalue weighted by Gasteiger charge is -2.42. The molecule has 30 heavy (non-hydrogen) atoms. The minimum atomic E-state index is 0.0839. The Bertz CT molecular complexity index is 934. The Morgan fingerprint density at radius 2 is 1.87 bits per heavy atom. The van der Waals surface area contributed by atoms with Crippen LogP contribution in [0.1, 0.15) is 43.2 Å². The smallest absolute Gasteiger partial charge is 0.223 e. The largest absolute Gasteiger partial charge is 0.347 e. The fourth-order valence-corrected chi connectivity index (χ4v) is 5.10. The van der Waals surface area contributed by atoms with Crippen LogP contribution in [0.15, 0.2) is 48.7 Å². The molecule has 6 nitrogen and oxygen atoms in total. The van der Waals surface area contributed by atoms with Crippen LogP contribution in [0, 0.1) is 11.3 Å². The van der Waals surface area contributed by atoms with Crippen LogP contribution in [0.4, 0.5) is 5.82 Å². The second-order valence-electron chi connectivity index (χ2n) is 8.73. The van der Waals surface area contributed by atoms with E-state index in [1.54, 1.807) is 6.20 Å². The van der Waals surface area contributed by atoms with Crippen LogP contribution >= 0.6 is 0 Å². The number of rotatable bonds is 6. The van der Waals surface area contributed by atoms with Gasteiger partial charge in [0, 0.05) is 49.9 Å². The van der Waals surface area contributed by atoms with Crippen LogP contribution in [0.2, 0.25) is 0 Å². The van der Waals surface area contributed by atoms with Gasteiger partial charge in [-0.3, -0.25) is 4.79 Å². The number of amides is 1. The third-order valence-electron chi connectivity index (χ3n) is 6.86. The highest BCUT2D eigenvalue weighted by Gasteiger charge is 2.44. The van der Waals surface area contributed by atoms with Crippen molar-refractivity contribution in [3.63, 3.8) is 0 Å². The summed E-state index contributed by atoms with van der Waals surface area (Å²) in [7, 11) is 0. The molecule has 1 amide bonds. The molecule has 2 aliphatic heterocycles. The first-order valence-corrected chi connectivity index (χ1v) is 10.9. The SMILES string of the molecule is N#Cc1ccc(N2C3CCC2CN(C(=O)CCNC2(c4ccccc4)CC2)C3)nc1. The van der Waals surface area contributed by atoms with Gasteiger partial charge in [0.25, 0.3) is 0 Å². The summed E-state index contributed by atoms with van der Waals surface area (Å²) in [5, 5.41) is 12.6. The number of carbonyl (C=O) groups is 1. The molecule has 1 N–H and O–H groups in total. The van der Waals surface area contributed by atoms with E-state index in [1.165, 1.54) is 5.56 Å². The Morgan fingerprint density at radius 1 is 1.13 bits per heavy atom. The van der Waals surface area contributed by atoms with E-state index in [2.05, 4.69) is 45.5 Å². The van der Waals surface area contributed by atoms with Crippen molar-refractivity contribution in [2.45, 2.75) is 49.7 Å². The maximum atomic E-state index is 12.9. The molecule has 3 aliphatic rings. The maximum absolute atomic E-state index is 12.9. The summed E-state index contributed by atoms with van der Waals surface area (Å²) in [5.41, 5.74) is 2.00. The second-order valence-corrected chi connectivity index (χ2v) is 8.73. The summed E-state index contributed by atoms with van der Waals surface area (Å²) in [6, 6.07) is 17.1. The topological polar surface area (TPSA) is 72.3 Å². The van der Waals surface area contributed by atoms with Gasteiger partial charge in [-0.1, -0.05) is 30.3 Å². The molecule has 2 atom stereocenters. The molecule has 2 saturated heterocycles. The molecule has 1 aliphatic carbocycles. The maximum Gasteiger partial charge on any atom is 0.223 e. The van der Waals surface area contributed by atoms with Gasteiger partial charge in [0.2, 0.25) is 5.91 Å². The molecule has 6 heteroatoms. The molecule has 3 fully saturated rings. The van der Waals surface area contributed by atoms with E-state index in [-0.39, 0.29) is 11.4 Å². The Kier molecular flexibility index (Phi) is 4.92. The molecule has 1 aromatic carbocycles. The summed E-state index contributed by atoms with van der Waals surface area (Å²) in [6.45, 7) is 2.25. The van der Waals surface area contributed by atoms with Gasteiger partial charge in [0.1, 0.15) is 11.9 Å². The highest BCUT2D eigenvalue weighted by Crippen LogP contribution is 2.45. The number of nitrogens with one attached hydrogen (secondary N) is 1. The zero-order valence-corrected chi connectivity index (χ0v) is 17.1. The minimum absolute atomic E-state index is 0.0839. The Balaban J connectivity index is 1.16. The Morgan fingerprint density at radius 3 is 2.47 bits per heavy atom. The summed E-state index contributed by atoms with van der Waals surface area (Å²) < 4.78 is 0. The average molecular weight is 402 g/mol. The van der Waals surface area contributed by atoms with Crippen LogP contribution in [0.25, 0.3) is 0 Å². The van der Waals surface area contributed by atoms with E-state index in [0.717, 1.165) is 51.1 Å². The molecule has 2 bridgehead atoms. The number of carbonyl (C=O) groups excluding carboxylic acids is 1.